The Bertz CT molecular complexity index is 967. The third kappa shape index (κ3) is 3.20. The molecule has 2 aromatic carbocycles. The Balaban J connectivity index is 1.90. The van der Waals surface area contributed by atoms with Crippen LogP contribution >= 0.6 is 0 Å². The molecule has 0 spiro atoms. The van der Waals surface area contributed by atoms with E-state index in [4.69, 9.17) is 20.0 Å². The van der Waals surface area contributed by atoms with E-state index >= 15 is 0 Å². The minimum absolute atomic E-state index is 0.0849. The van der Waals surface area contributed by atoms with Crippen LogP contribution in [-0.4, -0.2) is 19.8 Å². The van der Waals surface area contributed by atoms with E-state index in [0.29, 0.717) is 0 Å². The predicted octanol–water partition coefficient (Wildman–Crippen LogP) is 3.22. The number of fused-ring (bicyclic) bond motifs is 2. The highest BCUT2D eigenvalue weighted by atomic mass is 16.7. The zero-order chi connectivity index (χ0) is 19.8. The number of nitrogen functional groups attached to an aromatic ring is 1. The first-order valence-corrected chi connectivity index (χ1v) is 9.32. The van der Waals surface area contributed by atoms with Crippen molar-refractivity contribution in [1.82, 2.24) is 5.48 Å². The second kappa shape index (κ2) is 7.20. The lowest BCUT2D eigenvalue weighted by atomic mass is 9.89. The molecule has 4 rings (SSSR count). The van der Waals surface area contributed by atoms with E-state index in [1.54, 1.807) is 0 Å². The highest BCUT2D eigenvalue weighted by molar-refractivity contribution is 5.89. The second-order valence-electron chi connectivity index (χ2n) is 7.39. The van der Waals surface area contributed by atoms with Crippen LogP contribution in [0.25, 0.3) is 5.57 Å². The summed E-state index contributed by atoms with van der Waals surface area (Å²) in [4.78, 5) is 17.5. The van der Waals surface area contributed by atoms with Crippen molar-refractivity contribution in [2.45, 2.75) is 20.3 Å². The number of rotatable bonds is 3. The average Bonchev–Trinajstić information content (AvgIpc) is 3.06. The molecule has 2 aromatic rings. The molecule has 0 saturated carbocycles. The van der Waals surface area contributed by atoms with Crippen LogP contribution in [0.4, 0.5) is 5.69 Å². The fourth-order valence-electron chi connectivity index (χ4n) is 3.91. The summed E-state index contributed by atoms with van der Waals surface area (Å²) >= 11 is 0. The fraction of sp³-hybridized carbons (Fsp3) is 0.318. The van der Waals surface area contributed by atoms with E-state index in [1.807, 2.05) is 37.3 Å². The van der Waals surface area contributed by atoms with Crippen molar-refractivity contribution in [3.63, 3.8) is 0 Å². The van der Waals surface area contributed by atoms with Gasteiger partial charge in [0.1, 0.15) is 0 Å². The van der Waals surface area contributed by atoms with Crippen LogP contribution in [0.5, 0.6) is 11.5 Å². The number of ether oxygens (including phenoxy) is 2. The van der Waals surface area contributed by atoms with Crippen LogP contribution in [-0.2, 0) is 16.1 Å². The third-order valence-electron chi connectivity index (χ3n) is 5.48. The SMILES string of the molecule is CONC(=O)C1C=C(c2ccc(N)c(C)c2)c2cc3c(cc2CC1C)OCO3. The molecule has 6 heteroatoms. The van der Waals surface area contributed by atoms with Gasteiger partial charge in [0.15, 0.2) is 11.5 Å². The molecule has 6 nitrogen and oxygen atoms in total. The Hall–Kier alpha value is -2.99. The van der Waals surface area contributed by atoms with Gasteiger partial charge in [0.05, 0.1) is 13.0 Å². The minimum atomic E-state index is -0.336. The van der Waals surface area contributed by atoms with Crippen molar-refractivity contribution < 1.29 is 19.1 Å². The molecule has 1 amide bonds. The minimum Gasteiger partial charge on any atom is -0.454 e. The number of anilines is 1. The molecule has 0 bridgehead atoms. The maximum absolute atomic E-state index is 12.7. The van der Waals surface area contributed by atoms with Gasteiger partial charge in [-0.1, -0.05) is 19.1 Å². The molecule has 1 heterocycles. The van der Waals surface area contributed by atoms with Gasteiger partial charge in [-0.2, -0.15) is 0 Å². The van der Waals surface area contributed by atoms with Crippen molar-refractivity contribution in [3.8, 4) is 11.5 Å². The number of nitrogens with one attached hydrogen (secondary N) is 1. The smallest absolute Gasteiger partial charge is 0.250 e. The van der Waals surface area contributed by atoms with Crippen molar-refractivity contribution in [2.24, 2.45) is 11.8 Å². The molecule has 146 valence electrons. The summed E-state index contributed by atoms with van der Waals surface area (Å²) < 4.78 is 11.2. The van der Waals surface area contributed by atoms with E-state index in [1.165, 1.54) is 7.11 Å². The number of amides is 1. The molecular weight excluding hydrogens is 356 g/mol. The van der Waals surface area contributed by atoms with Gasteiger partial charge in [-0.15, -0.1) is 0 Å². The maximum Gasteiger partial charge on any atom is 0.250 e. The topological polar surface area (TPSA) is 82.8 Å². The van der Waals surface area contributed by atoms with E-state index in [2.05, 4.69) is 18.5 Å². The lowest BCUT2D eigenvalue weighted by Gasteiger charge is -2.18. The number of benzene rings is 2. The summed E-state index contributed by atoms with van der Waals surface area (Å²) in [5.74, 6) is 1.06. The first-order valence-electron chi connectivity index (χ1n) is 9.32. The zero-order valence-electron chi connectivity index (χ0n) is 16.2. The normalized spacial score (nSPS) is 20.2. The van der Waals surface area contributed by atoms with E-state index < -0.39 is 0 Å². The van der Waals surface area contributed by atoms with Crippen LogP contribution in [0.3, 0.4) is 0 Å². The lowest BCUT2D eigenvalue weighted by molar-refractivity contribution is -0.135. The number of carbonyl (C=O) groups excluding carboxylic acids is 1. The number of hydrogen-bond acceptors (Lipinski definition) is 5. The van der Waals surface area contributed by atoms with Gasteiger partial charge >= 0.3 is 0 Å². The second-order valence-corrected chi connectivity index (χ2v) is 7.39. The number of carbonyl (C=O) groups is 1. The highest BCUT2D eigenvalue weighted by Gasteiger charge is 2.31. The molecule has 1 aliphatic carbocycles. The molecule has 0 aromatic heterocycles. The third-order valence-corrected chi connectivity index (χ3v) is 5.48. The molecular formula is C22H24N2O4. The number of aryl methyl sites for hydroxylation is 1. The molecule has 2 unspecified atom stereocenters. The van der Waals surface area contributed by atoms with Crippen molar-refractivity contribution in [3.05, 3.63) is 58.7 Å². The molecule has 0 radical (unpaired) electrons. The van der Waals surface area contributed by atoms with Gasteiger partial charge in [-0.05, 0) is 71.4 Å². The summed E-state index contributed by atoms with van der Waals surface area (Å²) in [7, 11) is 1.45. The van der Waals surface area contributed by atoms with Crippen LogP contribution in [0.15, 0.2) is 36.4 Å². The van der Waals surface area contributed by atoms with Crippen molar-refractivity contribution in [2.75, 3.05) is 19.6 Å². The standard InChI is InChI=1S/C22H24N2O4/c1-12-6-15-8-20-21(28-11-27-20)10-18(15)17(9-16(12)22(25)24-26-3)14-4-5-19(23)13(2)7-14/h4-5,7-10,12,16H,6,11,23H2,1-3H3,(H,24,25). The van der Waals surface area contributed by atoms with Crippen LogP contribution in [0, 0.1) is 18.8 Å². The summed E-state index contributed by atoms with van der Waals surface area (Å²) in [6, 6.07) is 9.98. The molecule has 3 N–H and O–H groups in total. The highest BCUT2D eigenvalue weighted by Crippen LogP contribution is 2.42. The quantitative estimate of drug-likeness (QED) is 0.631. The molecule has 28 heavy (non-hydrogen) atoms. The Morgan fingerprint density at radius 2 is 1.96 bits per heavy atom. The molecule has 2 atom stereocenters. The van der Waals surface area contributed by atoms with E-state index in [9.17, 15) is 4.79 Å². The van der Waals surface area contributed by atoms with Crippen LogP contribution in [0.1, 0.15) is 29.2 Å². The summed E-state index contributed by atoms with van der Waals surface area (Å²) in [5.41, 5.74) is 14.4. The van der Waals surface area contributed by atoms with Gasteiger partial charge in [-0.25, -0.2) is 5.48 Å². The predicted molar refractivity (Wildman–Crippen MR) is 107 cm³/mol. The van der Waals surface area contributed by atoms with Crippen molar-refractivity contribution in [1.29, 1.82) is 0 Å². The monoisotopic (exact) mass is 380 g/mol. The first kappa shape index (κ1) is 18.4. The zero-order valence-corrected chi connectivity index (χ0v) is 16.2. The van der Waals surface area contributed by atoms with Crippen LogP contribution < -0.4 is 20.7 Å². The van der Waals surface area contributed by atoms with E-state index in [0.717, 1.165) is 51.4 Å². The Kier molecular flexibility index (Phi) is 4.73. The Labute approximate surface area is 164 Å². The Morgan fingerprint density at radius 3 is 2.68 bits per heavy atom. The molecule has 2 aliphatic rings. The number of nitrogens with two attached hydrogens (primary N) is 1. The first-order chi connectivity index (χ1) is 13.5. The van der Waals surface area contributed by atoms with Gasteiger partial charge < -0.3 is 15.2 Å². The molecule has 0 fully saturated rings. The molecule has 0 saturated heterocycles. The van der Waals surface area contributed by atoms with Gasteiger partial charge in [0.2, 0.25) is 6.79 Å². The Morgan fingerprint density at radius 1 is 1.21 bits per heavy atom. The van der Waals surface area contributed by atoms with Gasteiger partial charge in [0, 0.05) is 5.69 Å². The van der Waals surface area contributed by atoms with Gasteiger partial charge in [0.25, 0.3) is 5.91 Å². The van der Waals surface area contributed by atoms with Gasteiger partial charge in [-0.3, -0.25) is 9.63 Å². The van der Waals surface area contributed by atoms with E-state index in [-0.39, 0.29) is 24.5 Å². The fourth-order valence-corrected chi connectivity index (χ4v) is 3.91. The molecule has 1 aliphatic heterocycles. The van der Waals surface area contributed by atoms with Crippen LogP contribution in [0.2, 0.25) is 0 Å². The maximum atomic E-state index is 12.7. The average molecular weight is 380 g/mol. The summed E-state index contributed by atoms with van der Waals surface area (Å²) in [6.07, 6.45) is 2.76. The lowest BCUT2D eigenvalue weighted by Crippen LogP contribution is -2.32. The summed E-state index contributed by atoms with van der Waals surface area (Å²) in [6.45, 7) is 4.28. The number of hydroxylamine groups is 1. The largest absolute Gasteiger partial charge is 0.454 e. The summed E-state index contributed by atoms with van der Waals surface area (Å²) in [5, 5.41) is 0. The number of hydrogen-bond donors (Lipinski definition) is 2. The van der Waals surface area contributed by atoms with Crippen molar-refractivity contribution >= 4 is 17.2 Å².